The Morgan fingerprint density at radius 3 is 2.47 bits per heavy atom. The maximum absolute atomic E-state index is 12.1. The average Bonchev–Trinajstić information content (AvgIpc) is 2.71. The summed E-state index contributed by atoms with van der Waals surface area (Å²) in [4.78, 5) is 25.4. The first-order chi connectivity index (χ1) is 8.78. The Morgan fingerprint density at radius 1 is 1.37 bits per heavy atom. The molecule has 6 heteroatoms. The van der Waals surface area contributed by atoms with Crippen molar-refractivity contribution in [2.75, 3.05) is 20.2 Å². The quantitative estimate of drug-likeness (QED) is 0.781. The van der Waals surface area contributed by atoms with Gasteiger partial charge in [0, 0.05) is 12.6 Å². The van der Waals surface area contributed by atoms with Gasteiger partial charge < -0.3 is 14.8 Å². The minimum atomic E-state index is -0.575. The van der Waals surface area contributed by atoms with Crippen LogP contribution in [0.4, 0.5) is 4.79 Å². The van der Waals surface area contributed by atoms with Crippen molar-refractivity contribution < 1.29 is 19.1 Å². The SMILES string of the molecule is CCOC(=O)[C@@H]1C[C@@H](NC)CN1C(=O)OC(C)(C)C. The highest BCUT2D eigenvalue weighted by Gasteiger charge is 2.41. The van der Waals surface area contributed by atoms with Crippen LogP contribution in [0.2, 0.25) is 0 Å². The van der Waals surface area contributed by atoms with Gasteiger partial charge in [0.05, 0.1) is 6.61 Å². The molecule has 0 radical (unpaired) electrons. The molecule has 19 heavy (non-hydrogen) atoms. The molecule has 0 aromatic heterocycles. The van der Waals surface area contributed by atoms with Gasteiger partial charge in [-0.3, -0.25) is 4.90 Å². The van der Waals surface area contributed by atoms with Crippen molar-refractivity contribution in [3.8, 4) is 0 Å². The summed E-state index contributed by atoms with van der Waals surface area (Å²) in [5, 5.41) is 3.08. The molecule has 0 aromatic rings. The van der Waals surface area contributed by atoms with E-state index in [1.165, 1.54) is 4.90 Å². The van der Waals surface area contributed by atoms with Crippen molar-refractivity contribution in [1.29, 1.82) is 0 Å². The molecule has 1 amide bonds. The molecule has 1 fully saturated rings. The Kier molecular flexibility index (Phi) is 5.17. The van der Waals surface area contributed by atoms with E-state index >= 15 is 0 Å². The van der Waals surface area contributed by atoms with E-state index in [0.29, 0.717) is 19.6 Å². The zero-order valence-corrected chi connectivity index (χ0v) is 12.4. The van der Waals surface area contributed by atoms with E-state index in [1.807, 2.05) is 7.05 Å². The molecule has 110 valence electrons. The molecule has 1 heterocycles. The molecule has 0 bridgehead atoms. The van der Waals surface area contributed by atoms with Crippen LogP contribution < -0.4 is 5.32 Å². The number of rotatable bonds is 3. The van der Waals surface area contributed by atoms with Gasteiger partial charge >= 0.3 is 12.1 Å². The monoisotopic (exact) mass is 272 g/mol. The Bertz CT molecular complexity index is 338. The summed E-state index contributed by atoms with van der Waals surface area (Å²) in [5.41, 5.74) is -0.575. The lowest BCUT2D eigenvalue weighted by Gasteiger charge is -2.27. The number of likely N-dealkylation sites (tertiary alicyclic amines) is 1. The second-order valence-corrected chi connectivity index (χ2v) is 5.62. The van der Waals surface area contributed by atoms with Gasteiger partial charge in [0.2, 0.25) is 0 Å². The fraction of sp³-hybridized carbons (Fsp3) is 0.846. The van der Waals surface area contributed by atoms with Crippen LogP contribution in [0.15, 0.2) is 0 Å². The fourth-order valence-corrected chi connectivity index (χ4v) is 2.03. The van der Waals surface area contributed by atoms with Crippen LogP contribution in [-0.2, 0) is 14.3 Å². The highest BCUT2D eigenvalue weighted by atomic mass is 16.6. The highest BCUT2D eigenvalue weighted by molar-refractivity contribution is 5.82. The Morgan fingerprint density at radius 2 is 2.00 bits per heavy atom. The number of hydrogen-bond acceptors (Lipinski definition) is 5. The lowest BCUT2D eigenvalue weighted by Crippen LogP contribution is -2.44. The highest BCUT2D eigenvalue weighted by Crippen LogP contribution is 2.22. The van der Waals surface area contributed by atoms with Gasteiger partial charge in [-0.05, 0) is 41.2 Å². The van der Waals surface area contributed by atoms with Gasteiger partial charge in [0.15, 0.2) is 0 Å². The van der Waals surface area contributed by atoms with Gasteiger partial charge in [-0.1, -0.05) is 0 Å². The first-order valence-electron chi connectivity index (χ1n) is 6.62. The van der Waals surface area contributed by atoms with Gasteiger partial charge in [-0.15, -0.1) is 0 Å². The third kappa shape index (κ3) is 4.38. The van der Waals surface area contributed by atoms with Crippen molar-refractivity contribution in [2.45, 2.75) is 51.8 Å². The summed E-state index contributed by atoms with van der Waals surface area (Å²) < 4.78 is 10.3. The Hall–Kier alpha value is -1.30. The number of hydrogen-bond donors (Lipinski definition) is 1. The van der Waals surface area contributed by atoms with Crippen LogP contribution in [0.3, 0.4) is 0 Å². The number of esters is 1. The van der Waals surface area contributed by atoms with Crippen molar-refractivity contribution in [3.63, 3.8) is 0 Å². The van der Waals surface area contributed by atoms with Gasteiger partial charge in [-0.25, -0.2) is 9.59 Å². The molecule has 0 unspecified atom stereocenters. The third-order valence-electron chi connectivity index (χ3n) is 2.90. The summed E-state index contributed by atoms with van der Waals surface area (Å²) in [6.07, 6.45) is 0.0810. The molecule has 0 spiro atoms. The van der Waals surface area contributed by atoms with Crippen molar-refractivity contribution in [3.05, 3.63) is 0 Å². The van der Waals surface area contributed by atoms with Crippen molar-refractivity contribution >= 4 is 12.1 Å². The predicted molar refractivity (Wildman–Crippen MR) is 70.8 cm³/mol. The lowest BCUT2D eigenvalue weighted by atomic mass is 10.2. The van der Waals surface area contributed by atoms with E-state index in [9.17, 15) is 9.59 Å². The topological polar surface area (TPSA) is 67.9 Å². The molecule has 1 aliphatic rings. The average molecular weight is 272 g/mol. The summed E-state index contributed by atoms with van der Waals surface area (Å²) >= 11 is 0. The maximum atomic E-state index is 12.1. The molecule has 6 nitrogen and oxygen atoms in total. The number of nitrogens with zero attached hydrogens (tertiary/aromatic N) is 1. The fourth-order valence-electron chi connectivity index (χ4n) is 2.03. The van der Waals surface area contributed by atoms with E-state index in [2.05, 4.69) is 5.32 Å². The number of amides is 1. The molecule has 0 saturated carbocycles. The largest absolute Gasteiger partial charge is 0.464 e. The van der Waals surface area contributed by atoms with E-state index in [4.69, 9.17) is 9.47 Å². The van der Waals surface area contributed by atoms with E-state index in [-0.39, 0.29) is 12.0 Å². The summed E-state index contributed by atoms with van der Waals surface area (Å²) in [6, 6.07) is -0.478. The maximum Gasteiger partial charge on any atom is 0.411 e. The van der Waals surface area contributed by atoms with E-state index < -0.39 is 17.7 Å². The predicted octanol–water partition coefficient (Wildman–Crippen LogP) is 1.15. The number of likely N-dealkylation sites (N-methyl/N-ethyl adjacent to an activating group) is 1. The minimum Gasteiger partial charge on any atom is -0.464 e. The number of carbonyl (C=O) groups is 2. The van der Waals surface area contributed by atoms with Crippen LogP contribution in [0.5, 0.6) is 0 Å². The number of ether oxygens (including phenoxy) is 2. The first kappa shape index (κ1) is 15.8. The van der Waals surface area contributed by atoms with Crippen LogP contribution >= 0.6 is 0 Å². The zero-order chi connectivity index (χ0) is 14.6. The molecule has 0 aliphatic carbocycles. The van der Waals surface area contributed by atoms with Crippen molar-refractivity contribution in [1.82, 2.24) is 10.2 Å². The molecule has 1 rings (SSSR count). The van der Waals surface area contributed by atoms with Crippen LogP contribution in [0.1, 0.15) is 34.1 Å². The summed E-state index contributed by atoms with van der Waals surface area (Å²) in [7, 11) is 1.81. The molecular formula is C13H24N2O4. The second kappa shape index (κ2) is 6.23. The third-order valence-corrected chi connectivity index (χ3v) is 2.90. The molecular weight excluding hydrogens is 248 g/mol. The van der Waals surface area contributed by atoms with Gasteiger partial charge in [-0.2, -0.15) is 0 Å². The molecule has 1 aliphatic heterocycles. The molecule has 2 atom stereocenters. The van der Waals surface area contributed by atoms with Gasteiger partial charge in [0.1, 0.15) is 11.6 Å². The van der Waals surface area contributed by atoms with Gasteiger partial charge in [0.25, 0.3) is 0 Å². The van der Waals surface area contributed by atoms with Crippen molar-refractivity contribution in [2.24, 2.45) is 0 Å². The normalized spacial score (nSPS) is 23.3. The molecule has 1 saturated heterocycles. The summed E-state index contributed by atoms with van der Waals surface area (Å²) in [6.45, 7) is 7.92. The Balaban J connectivity index is 2.76. The first-order valence-corrected chi connectivity index (χ1v) is 6.62. The van der Waals surface area contributed by atoms with Crippen LogP contribution in [0, 0.1) is 0 Å². The molecule has 0 aromatic carbocycles. The zero-order valence-electron chi connectivity index (χ0n) is 12.4. The Labute approximate surface area is 114 Å². The van der Waals surface area contributed by atoms with Crippen LogP contribution in [-0.4, -0.2) is 54.8 Å². The second-order valence-electron chi connectivity index (χ2n) is 5.62. The summed E-state index contributed by atoms with van der Waals surface area (Å²) in [5.74, 6) is -0.369. The number of carbonyl (C=O) groups excluding carboxylic acids is 2. The number of nitrogens with one attached hydrogen (secondary N) is 1. The molecule has 1 N–H and O–H groups in total. The van der Waals surface area contributed by atoms with E-state index in [0.717, 1.165) is 0 Å². The standard InChI is InChI=1S/C13H24N2O4/c1-6-18-11(16)10-7-9(14-5)8-15(10)12(17)19-13(2,3)4/h9-10,14H,6-8H2,1-5H3/t9-,10+/m1/s1. The lowest BCUT2D eigenvalue weighted by molar-refractivity contribution is -0.148. The smallest absolute Gasteiger partial charge is 0.411 e. The minimum absolute atomic E-state index is 0.0851. The van der Waals surface area contributed by atoms with E-state index in [1.54, 1.807) is 27.7 Å². The van der Waals surface area contributed by atoms with Crippen LogP contribution in [0.25, 0.3) is 0 Å².